The molecule has 1 aliphatic rings. The lowest BCUT2D eigenvalue weighted by Crippen LogP contribution is -2.15. The number of ether oxygens (including phenoxy) is 2. The summed E-state index contributed by atoms with van der Waals surface area (Å²) in [4.78, 5) is 4.53. The van der Waals surface area contributed by atoms with Crippen LogP contribution in [-0.2, 0) is 13.1 Å². The van der Waals surface area contributed by atoms with Crippen LogP contribution in [0, 0.1) is 5.82 Å². The highest BCUT2D eigenvalue weighted by Crippen LogP contribution is 2.35. The number of fused-ring (bicyclic) bond motifs is 2. The van der Waals surface area contributed by atoms with E-state index in [4.69, 9.17) is 26.8 Å². The Kier molecular flexibility index (Phi) is 3.78. The van der Waals surface area contributed by atoms with Gasteiger partial charge in [0.25, 0.3) is 0 Å². The average Bonchev–Trinajstić information content (AvgIpc) is 2.93. The number of aromatic nitrogens is 2. The van der Waals surface area contributed by atoms with Crippen LogP contribution < -0.4 is 15.2 Å². The Labute approximate surface area is 142 Å². The summed E-state index contributed by atoms with van der Waals surface area (Å²) in [5.74, 6) is 1.60. The first-order valence-corrected chi connectivity index (χ1v) is 7.97. The van der Waals surface area contributed by atoms with Gasteiger partial charge < -0.3 is 19.8 Å². The van der Waals surface area contributed by atoms with Gasteiger partial charge in [-0.3, -0.25) is 0 Å². The molecule has 2 heterocycles. The van der Waals surface area contributed by atoms with Crippen LogP contribution in [0.5, 0.6) is 11.5 Å². The lowest BCUT2D eigenvalue weighted by atomic mass is 10.2. The predicted molar refractivity (Wildman–Crippen MR) is 89.1 cm³/mol. The minimum absolute atomic E-state index is 0.229. The van der Waals surface area contributed by atoms with E-state index >= 15 is 0 Å². The largest absolute Gasteiger partial charge is 0.486 e. The summed E-state index contributed by atoms with van der Waals surface area (Å²) < 4.78 is 27.2. The van der Waals surface area contributed by atoms with Crippen molar-refractivity contribution in [3.63, 3.8) is 0 Å². The highest BCUT2D eigenvalue weighted by molar-refractivity contribution is 6.31. The standard InChI is InChI=1S/C17H15ClFN3O2/c18-11-2-1-3-12(19)10(11)9-22-14-7-16-15(23-4-5-24-16)6-13(14)21-17(22)8-20/h1-3,6-7H,4-5,8-9,20H2. The number of nitrogens with zero attached hydrogens (tertiary/aromatic N) is 2. The third-order valence-electron chi connectivity index (χ3n) is 4.05. The van der Waals surface area contributed by atoms with E-state index in [2.05, 4.69) is 4.98 Å². The Bertz CT molecular complexity index is 906. The normalized spacial score (nSPS) is 13.5. The van der Waals surface area contributed by atoms with Gasteiger partial charge in [0.15, 0.2) is 11.5 Å². The molecular weight excluding hydrogens is 333 g/mol. The van der Waals surface area contributed by atoms with E-state index in [-0.39, 0.29) is 18.9 Å². The number of nitrogens with two attached hydrogens (primary N) is 1. The van der Waals surface area contributed by atoms with Gasteiger partial charge in [-0.15, -0.1) is 0 Å². The quantitative estimate of drug-likeness (QED) is 0.790. The van der Waals surface area contributed by atoms with Gasteiger partial charge in [-0.25, -0.2) is 9.37 Å². The van der Waals surface area contributed by atoms with Gasteiger partial charge in [-0.05, 0) is 12.1 Å². The van der Waals surface area contributed by atoms with E-state index < -0.39 is 0 Å². The zero-order valence-electron chi connectivity index (χ0n) is 12.8. The second kappa shape index (κ2) is 5.96. The van der Waals surface area contributed by atoms with Crippen LogP contribution in [0.15, 0.2) is 30.3 Å². The van der Waals surface area contributed by atoms with E-state index in [1.54, 1.807) is 12.1 Å². The summed E-state index contributed by atoms with van der Waals surface area (Å²) in [6, 6.07) is 8.31. The van der Waals surface area contributed by atoms with Crippen molar-refractivity contribution in [3.8, 4) is 11.5 Å². The van der Waals surface area contributed by atoms with Crippen LogP contribution >= 0.6 is 11.6 Å². The fourth-order valence-corrected chi connectivity index (χ4v) is 3.11. The Morgan fingerprint density at radius 3 is 2.67 bits per heavy atom. The van der Waals surface area contributed by atoms with E-state index in [0.717, 1.165) is 11.0 Å². The zero-order chi connectivity index (χ0) is 16.7. The maximum absolute atomic E-state index is 14.2. The summed E-state index contributed by atoms with van der Waals surface area (Å²) in [6.07, 6.45) is 0. The Morgan fingerprint density at radius 2 is 1.96 bits per heavy atom. The second-order valence-corrected chi connectivity index (χ2v) is 5.91. The van der Waals surface area contributed by atoms with E-state index in [9.17, 15) is 4.39 Å². The van der Waals surface area contributed by atoms with Crippen molar-refractivity contribution < 1.29 is 13.9 Å². The number of rotatable bonds is 3. The molecule has 0 atom stereocenters. The van der Waals surface area contributed by atoms with Gasteiger partial charge in [-0.2, -0.15) is 0 Å². The van der Waals surface area contributed by atoms with Crippen molar-refractivity contribution in [3.05, 3.63) is 52.6 Å². The smallest absolute Gasteiger partial charge is 0.163 e. The molecule has 24 heavy (non-hydrogen) atoms. The average molecular weight is 348 g/mol. The highest BCUT2D eigenvalue weighted by Gasteiger charge is 2.19. The van der Waals surface area contributed by atoms with Crippen molar-refractivity contribution in [2.24, 2.45) is 5.73 Å². The van der Waals surface area contributed by atoms with Crippen LogP contribution in [0.1, 0.15) is 11.4 Å². The maximum Gasteiger partial charge on any atom is 0.163 e. The van der Waals surface area contributed by atoms with Crippen molar-refractivity contribution in [1.29, 1.82) is 0 Å². The minimum Gasteiger partial charge on any atom is -0.486 e. The Balaban J connectivity index is 1.87. The number of benzene rings is 2. The molecule has 1 aromatic heterocycles. The topological polar surface area (TPSA) is 62.3 Å². The first kappa shape index (κ1) is 15.2. The van der Waals surface area contributed by atoms with Crippen LogP contribution in [0.25, 0.3) is 11.0 Å². The molecule has 2 aromatic carbocycles. The second-order valence-electron chi connectivity index (χ2n) is 5.50. The zero-order valence-corrected chi connectivity index (χ0v) is 13.5. The number of imidazole rings is 1. The predicted octanol–water partition coefficient (Wildman–Crippen LogP) is 3.11. The minimum atomic E-state index is -0.357. The number of halogens is 2. The van der Waals surface area contributed by atoms with Crippen LogP contribution in [0.2, 0.25) is 5.02 Å². The highest BCUT2D eigenvalue weighted by atomic mass is 35.5. The first-order chi connectivity index (χ1) is 11.7. The molecule has 0 fully saturated rings. The molecule has 0 spiro atoms. The van der Waals surface area contributed by atoms with Gasteiger partial charge in [0, 0.05) is 22.7 Å². The molecule has 124 valence electrons. The third kappa shape index (κ3) is 2.48. The van der Waals surface area contributed by atoms with Gasteiger partial charge >= 0.3 is 0 Å². The van der Waals surface area contributed by atoms with Crippen molar-refractivity contribution in [2.45, 2.75) is 13.1 Å². The molecular formula is C17H15ClFN3O2. The van der Waals surface area contributed by atoms with E-state index in [1.807, 2.05) is 16.7 Å². The molecule has 0 saturated carbocycles. The summed E-state index contributed by atoms with van der Waals surface area (Å²) in [5, 5.41) is 0.373. The lowest BCUT2D eigenvalue weighted by Gasteiger charge is -2.18. The first-order valence-electron chi connectivity index (χ1n) is 7.59. The van der Waals surface area contributed by atoms with Gasteiger partial charge in [0.1, 0.15) is 24.9 Å². The monoisotopic (exact) mass is 347 g/mol. The lowest BCUT2D eigenvalue weighted by molar-refractivity contribution is 0.172. The SMILES string of the molecule is NCc1nc2cc3c(cc2n1Cc1c(F)cccc1Cl)OCCO3. The molecule has 0 bridgehead atoms. The molecule has 0 saturated heterocycles. The molecule has 5 nitrogen and oxygen atoms in total. The molecule has 2 N–H and O–H groups in total. The molecule has 0 amide bonds. The fourth-order valence-electron chi connectivity index (χ4n) is 2.89. The van der Waals surface area contributed by atoms with E-state index in [1.165, 1.54) is 6.07 Å². The number of hydrogen-bond donors (Lipinski definition) is 1. The van der Waals surface area contributed by atoms with Crippen LogP contribution in [0.4, 0.5) is 4.39 Å². The molecule has 7 heteroatoms. The van der Waals surface area contributed by atoms with Crippen LogP contribution in [-0.4, -0.2) is 22.8 Å². The third-order valence-corrected chi connectivity index (χ3v) is 4.41. The van der Waals surface area contributed by atoms with Crippen molar-refractivity contribution in [1.82, 2.24) is 9.55 Å². The Hall–Kier alpha value is -2.31. The molecule has 3 aromatic rings. The van der Waals surface area contributed by atoms with Gasteiger partial charge in [0.2, 0.25) is 0 Å². The molecule has 0 unspecified atom stereocenters. The summed E-state index contributed by atoms with van der Waals surface area (Å²) >= 11 is 6.16. The van der Waals surface area contributed by atoms with Crippen LogP contribution in [0.3, 0.4) is 0 Å². The molecule has 1 aliphatic heterocycles. The number of hydrogen-bond acceptors (Lipinski definition) is 4. The molecule has 0 aliphatic carbocycles. The van der Waals surface area contributed by atoms with E-state index in [0.29, 0.717) is 41.1 Å². The summed E-state index contributed by atoms with van der Waals surface area (Å²) in [7, 11) is 0. The Morgan fingerprint density at radius 1 is 1.21 bits per heavy atom. The van der Waals surface area contributed by atoms with Gasteiger partial charge in [0.05, 0.1) is 24.1 Å². The van der Waals surface area contributed by atoms with Gasteiger partial charge in [-0.1, -0.05) is 17.7 Å². The van der Waals surface area contributed by atoms with Crippen molar-refractivity contribution in [2.75, 3.05) is 13.2 Å². The summed E-state index contributed by atoms with van der Waals surface area (Å²) in [6.45, 7) is 1.48. The van der Waals surface area contributed by atoms with Crippen molar-refractivity contribution >= 4 is 22.6 Å². The molecule has 4 rings (SSSR count). The summed E-state index contributed by atoms with van der Waals surface area (Å²) in [5.41, 5.74) is 7.76. The molecule has 0 radical (unpaired) electrons. The maximum atomic E-state index is 14.2. The fraction of sp³-hybridized carbons (Fsp3) is 0.235.